The van der Waals surface area contributed by atoms with E-state index in [2.05, 4.69) is 20.7 Å². The number of ether oxygens (including phenoxy) is 3. The highest BCUT2D eigenvalue weighted by molar-refractivity contribution is 8.03. The van der Waals surface area contributed by atoms with Gasteiger partial charge in [-0.1, -0.05) is 58.6 Å². The molecule has 0 aliphatic carbocycles. The number of hydrogen-bond donors (Lipinski definition) is 1. The zero-order valence-electron chi connectivity index (χ0n) is 18.9. The third kappa shape index (κ3) is 8.42. The lowest BCUT2D eigenvalue weighted by Crippen LogP contribution is -2.19. The van der Waals surface area contributed by atoms with Gasteiger partial charge >= 0.3 is 5.97 Å². The van der Waals surface area contributed by atoms with Crippen LogP contribution in [0.25, 0.3) is 0 Å². The number of thioether (sulfide) groups is 2. The first-order chi connectivity index (χ1) is 16.9. The Hall–Kier alpha value is -2.80. The second-order valence-corrected chi connectivity index (χ2v) is 10.5. The van der Waals surface area contributed by atoms with E-state index in [0.29, 0.717) is 26.4 Å². The molecule has 0 bridgehead atoms. The van der Waals surface area contributed by atoms with Gasteiger partial charge in [-0.3, -0.25) is 9.59 Å². The third-order valence-electron chi connectivity index (χ3n) is 4.12. The highest BCUT2D eigenvalue weighted by Crippen LogP contribution is 2.38. The second kappa shape index (κ2) is 13.3. The van der Waals surface area contributed by atoms with Crippen LogP contribution in [0.5, 0.6) is 17.2 Å². The predicted molar refractivity (Wildman–Crippen MR) is 138 cm³/mol. The fourth-order valence-corrected chi connectivity index (χ4v) is 5.49. The van der Waals surface area contributed by atoms with E-state index in [1.54, 1.807) is 23.9 Å². The summed E-state index contributed by atoms with van der Waals surface area (Å²) in [5.41, 5.74) is 4.18. The minimum atomic E-state index is -0.504. The average Bonchev–Trinajstić information content (AvgIpc) is 3.30. The van der Waals surface area contributed by atoms with Crippen molar-refractivity contribution in [3.05, 3.63) is 52.5 Å². The molecule has 35 heavy (non-hydrogen) atoms. The maximum absolute atomic E-state index is 12.2. The summed E-state index contributed by atoms with van der Waals surface area (Å²) in [6, 6.07) is 10.9. The van der Waals surface area contributed by atoms with Crippen LogP contribution in [-0.4, -0.2) is 48.3 Å². The Morgan fingerprint density at radius 3 is 2.31 bits per heavy atom. The molecule has 1 aromatic heterocycles. The zero-order valence-corrected chi connectivity index (χ0v) is 22.1. The lowest BCUT2D eigenvalue weighted by Gasteiger charge is -2.13. The quantitative estimate of drug-likeness (QED) is 0.119. The number of hydrogen-bond acceptors (Lipinski definition) is 11. The van der Waals surface area contributed by atoms with Crippen molar-refractivity contribution in [1.82, 2.24) is 15.6 Å². The summed E-state index contributed by atoms with van der Waals surface area (Å²) in [7, 11) is 2.88. The van der Waals surface area contributed by atoms with Gasteiger partial charge in [-0.2, -0.15) is 5.10 Å². The summed E-state index contributed by atoms with van der Waals surface area (Å²) in [5.74, 6) is 0.841. The number of benzene rings is 2. The number of esters is 1. The second-order valence-electron chi connectivity index (χ2n) is 6.68. The molecule has 0 aliphatic rings. The Balaban J connectivity index is 1.49. The van der Waals surface area contributed by atoms with E-state index in [9.17, 15) is 9.59 Å². The third-order valence-corrected chi connectivity index (χ3v) is 7.63. The van der Waals surface area contributed by atoms with Gasteiger partial charge in [-0.15, -0.1) is 10.2 Å². The SMILES string of the molecule is COc1cc(C=NNC(=O)CSc2nnc(SCc3ccc(Cl)cc3)s2)cc(OC)c1OC(C)=O. The number of amides is 1. The number of halogens is 1. The van der Waals surface area contributed by atoms with Gasteiger partial charge in [0.05, 0.1) is 26.2 Å². The van der Waals surface area contributed by atoms with E-state index < -0.39 is 5.97 Å². The zero-order chi connectivity index (χ0) is 25.2. The molecule has 3 rings (SSSR count). The molecule has 0 radical (unpaired) electrons. The van der Waals surface area contributed by atoms with Crippen molar-refractivity contribution >= 4 is 64.6 Å². The first-order valence-electron chi connectivity index (χ1n) is 9.97. The highest BCUT2D eigenvalue weighted by Gasteiger charge is 2.16. The number of hydrazone groups is 1. The van der Waals surface area contributed by atoms with Crippen molar-refractivity contribution in [3.8, 4) is 17.2 Å². The number of aromatic nitrogens is 2. The van der Waals surface area contributed by atoms with Crippen LogP contribution >= 0.6 is 46.5 Å². The van der Waals surface area contributed by atoms with Crippen LogP contribution in [0.3, 0.4) is 0 Å². The topological polar surface area (TPSA) is 112 Å². The Kier molecular flexibility index (Phi) is 10.2. The van der Waals surface area contributed by atoms with E-state index in [4.69, 9.17) is 25.8 Å². The summed E-state index contributed by atoms with van der Waals surface area (Å²) in [6.45, 7) is 1.28. The van der Waals surface area contributed by atoms with Crippen LogP contribution in [0.1, 0.15) is 18.1 Å². The van der Waals surface area contributed by atoms with Crippen molar-refractivity contribution in [2.75, 3.05) is 20.0 Å². The fraction of sp³-hybridized carbons (Fsp3) is 0.227. The summed E-state index contributed by atoms with van der Waals surface area (Å²) in [6.07, 6.45) is 1.43. The van der Waals surface area contributed by atoms with Crippen molar-refractivity contribution in [3.63, 3.8) is 0 Å². The van der Waals surface area contributed by atoms with E-state index in [0.717, 1.165) is 15.7 Å². The van der Waals surface area contributed by atoms with Gasteiger partial charge in [-0.05, 0) is 29.8 Å². The van der Waals surface area contributed by atoms with E-state index in [1.807, 2.05) is 24.3 Å². The van der Waals surface area contributed by atoms with Crippen LogP contribution in [0.2, 0.25) is 5.02 Å². The highest BCUT2D eigenvalue weighted by atomic mass is 35.5. The van der Waals surface area contributed by atoms with Crippen molar-refractivity contribution < 1.29 is 23.8 Å². The molecule has 0 unspecified atom stereocenters. The molecule has 1 heterocycles. The summed E-state index contributed by atoms with van der Waals surface area (Å²) < 4.78 is 17.2. The van der Waals surface area contributed by atoms with Crippen molar-refractivity contribution in [2.24, 2.45) is 5.10 Å². The van der Waals surface area contributed by atoms with Crippen LogP contribution in [-0.2, 0) is 15.3 Å². The van der Waals surface area contributed by atoms with Gasteiger partial charge in [0.25, 0.3) is 5.91 Å². The van der Waals surface area contributed by atoms with Gasteiger partial charge < -0.3 is 14.2 Å². The minimum Gasteiger partial charge on any atom is -0.493 e. The molecule has 13 heteroatoms. The molecule has 0 saturated carbocycles. The molecule has 3 aromatic rings. The Morgan fingerprint density at radius 2 is 1.71 bits per heavy atom. The molecule has 2 aromatic carbocycles. The number of rotatable bonds is 11. The van der Waals surface area contributed by atoms with E-state index in [-0.39, 0.29) is 17.4 Å². The van der Waals surface area contributed by atoms with E-state index in [1.165, 1.54) is 50.5 Å². The minimum absolute atomic E-state index is 0.131. The summed E-state index contributed by atoms with van der Waals surface area (Å²) >= 11 is 10.2. The van der Waals surface area contributed by atoms with Crippen LogP contribution < -0.4 is 19.6 Å². The fourth-order valence-electron chi connectivity index (χ4n) is 2.60. The maximum atomic E-state index is 12.2. The van der Waals surface area contributed by atoms with Gasteiger partial charge in [0, 0.05) is 23.3 Å². The molecule has 9 nitrogen and oxygen atoms in total. The number of carbonyl (C=O) groups excluding carboxylic acids is 2. The van der Waals surface area contributed by atoms with Gasteiger partial charge in [-0.25, -0.2) is 5.43 Å². The number of nitrogens with zero attached hydrogens (tertiary/aromatic N) is 3. The molecule has 1 N–H and O–H groups in total. The molecular formula is C22H21ClN4O5S3. The lowest BCUT2D eigenvalue weighted by atomic mass is 10.2. The molecule has 0 saturated heterocycles. The monoisotopic (exact) mass is 552 g/mol. The molecule has 1 amide bonds. The molecule has 0 spiro atoms. The predicted octanol–water partition coefficient (Wildman–Crippen LogP) is 4.67. The van der Waals surface area contributed by atoms with Crippen molar-refractivity contribution in [2.45, 2.75) is 21.4 Å². The lowest BCUT2D eigenvalue weighted by molar-refractivity contribution is -0.132. The molecular weight excluding hydrogens is 532 g/mol. The molecule has 0 aliphatic heterocycles. The molecule has 184 valence electrons. The summed E-state index contributed by atoms with van der Waals surface area (Å²) in [4.78, 5) is 23.5. The van der Waals surface area contributed by atoms with Crippen molar-refractivity contribution in [1.29, 1.82) is 0 Å². The normalized spacial score (nSPS) is 10.9. The number of nitrogens with one attached hydrogen (secondary N) is 1. The summed E-state index contributed by atoms with van der Waals surface area (Å²) in [5, 5.41) is 12.9. The average molecular weight is 553 g/mol. The smallest absolute Gasteiger partial charge is 0.308 e. The number of methoxy groups -OCH3 is 2. The van der Waals surface area contributed by atoms with Gasteiger partial charge in [0.15, 0.2) is 20.2 Å². The largest absolute Gasteiger partial charge is 0.493 e. The Labute approximate surface area is 219 Å². The maximum Gasteiger partial charge on any atom is 0.308 e. The van der Waals surface area contributed by atoms with E-state index >= 15 is 0 Å². The van der Waals surface area contributed by atoms with Gasteiger partial charge in [0.1, 0.15) is 0 Å². The molecule has 0 atom stereocenters. The Bertz CT molecular complexity index is 1180. The standard InChI is InChI=1S/C22H21ClN4O5S3/c1-13(28)32-20-17(30-2)8-15(9-18(20)31-3)10-24-25-19(29)12-34-22-27-26-21(35-22)33-11-14-4-6-16(23)7-5-14/h4-10H,11-12H2,1-3H3,(H,25,29). The van der Waals surface area contributed by atoms with Crippen LogP contribution in [0.4, 0.5) is 0 Å². The molecule has 0 fully saturated rings. The Morgan fingerprint density at radius 1 is 1.09 bits per heavy atom. The van der Waals surface area contributed by atoms with Gasteiger partial charge in [0.2, 0.25) is 5.75 Å². The first-order valence-corrected chi connectivity index (χ1v) is 13.1. The van der Waals surface area contributed by atoms with Crippen LogP contribution in [0, 0.1) is 0 Å². The number of carbonyl (C=O) groups is 2. The first kappa shape index (κ1) is 26.8. The van der Waals surface area contributed by atoms with Crippen LogP contribution in [0.15, 0.2) is 50.2 Å².